The summed E-state index contributed by atoms with van der Waals surface area (Å²) in [6.45, 7) is 2.77. The Morgan fingerprint density at radius 3 is 2.86 bits per heavy atom. The number of ether oxygens (including phenoxy) is 1. The molecule has 1 unspecified atom stereocenters. The lowest BCUT2D eigenvalue weighted by Crippen LogP contribution is -2.55. The number of thiophene rings is 1. The number of barbiturate groups is 1. The monoisotopic (exact) mass is 320 g/mol. The van der Waals surface area contributed by atoms with Crippen molar-refractivity contribution in [3.8, 4) is 0 Å². The Morgan fingerprint density at radius 2 is 2.23 bits per heavy atom. The molecule has 22 heavy (non-hydrogen) atoms. The van der Waals surface area contributed by atoms with Gasteiger partial charge in [-0.25, -0.2) is 4.79 Å². The quantitative estimate of drug-likeness (QED) is 0.679. The highest BCUT2D eigenvalue weighted by Gasteiger charge is 2.37. The summed E-state index contributed by atoms with van der Waals surface area (Å²) in [5.74, 6) is -1.21. The number of urea groups is 1. The second kappa shape index (κ2) is 6.02. The van der Waals surface area contributed by atoms with Crippen LogP contribution in [0.15, 0.2) is 17.7 Å². The minimum Gasteiger partial charge on any atom is -0.376 e. The van der Waals surface area contributed by atoms with Crippen molar-refractivity contribution in [2.45, 2.75) is 25.9 Å². The number of hydrogen-bond donors (Lipinski definition) is 1. The molecule has 1 atom stereocenters. The van der Waals surface area contributed by atoms with Gasteiger partial charge in [0.25, 0.3) is 11.8 Å². The van der Waals surface area contributed by atoms with Crippen molar-refractivity contribution >= 4 is 35.3 Å². The van der Waals surface area contributed by atoms with Crippen LogP contribution in [-0.2, 0) is 14.3 Å². The zero-order valence-corrected chi connectivity index (χ0v) is 12.9. The Kier molecular flexibility index (Phi) is 4.08. The van der Waals surface area contributed by atoms with Crippen LogP contribution in [0.1, 0.15) is 22.6 Å². The SMILES string of the molecule is Cc1ccc(C=C2C(=O)NC(=O)N(CC3CCCO3)C2=O)s1. The van der Waals surface area contributed by atoms with Crippen molar-refractivity contribution in [2.24, 2.45) is 0 Å². The third-order valence-electron chi connectivity index (χ3n) is 3.64. The molecule has 0 radical (unpaired) electrons. The van der Waals surface area contributed by atoms with Gasteiger partial charge in [0.15, 0.2) is 0 Å². The van der Waals surface area contributed by atoms with Gasteiger partial charge >= 0.3 is 6.03 Å². The lowest BCUT2D eigenvalue weighted by molar-refractivity contribution is -0.131. The molecule has 2 fully saturated rings. The van der Waals surface area contributed by atoms with Crippen LogP contribution in [0.3, 0.4) is 0 Å². The molecule has 0 aliphatic carbocycles. The van der Waals surface area contributed by atoms with Crippen LogP contribution in [0.2, 0.25) is 0 Å². The number of nitrogens with one attached hydrogen (secondary N) is 1. The number of nitrogens with zero attached hydrogens (tertiary/aromatic N) is 1. The van der Waals surface area contributed by atoms with E-state index in [-0.39, 0.29) is 18.2 Å². The number of rotatable bonds is 3. The Balaban J connectivity index is 1.83. The van der Waals surface area contributed by atoms with E-state index in [4.69, 9.17) is 4.74 Å². The summed E-state index contributed by atoms with van der Waals surface area (Å²) in [5, 5.41) is 2.22. The van der Waals surface area contributed by atoms with Crippen LogP contribution in [0, 0.1) is 6.92 Å². The molecule has 4 amide bonds. The summed E-state index contributed by atoms with van der Waals surface area (Å²) in [4.78, 5) is 39.3. The summed E-state index contributed by atoms with van der Waals surface area (Å²) < 4.78 is 5.46. The van der Waals surface area contributed by atoms with Gasteiger partial charge in [0.05, 0.1) is 12.6 Å². The summed E-state index contributed by atoms with van der Waals surface area (Å²) in [5.41, 5.74) is -0.0144. The van der Waals surface area contributed by atoms with Crippen LogP contribution in [0.25, 0.3) is 6.08 Å². The molecule has 2 aliphatic rings. The van der Waals surface area contributed by atoms with E-state index >= 15 is 0 Å². The molecule has 0 saturated carbocycles. The lowest BCUT2D eigenvalue weighted by atomic mass is 10.1. The van der Waals surface area contributed by atoms with E-state index in [1.165, 1.54) is 17.4 Å². The summed E-state index contributed by atoms with van der Waals surface area (Å²) in [7, 11) is 0. The lowest BCUT2D eigenvalue weighted by Gasteiger charge is -2.28. The van der Waals surface area contributed by atoms with Gasteiger partial charge in [-0.05, 0) is 38.0 Å². The Hall–Kier alpha value is -1.99. The largest absolute Gasteiger partial charge is 0.376 e. The second-order valence-corrected chi connectivity index (χ2v) is 6.64. The van der Waals surface area contributed by atoms with Gasteiger partial charge in [-0.3, -0.25) is 19.8 Å². The van der Waals surface area contributed by atoms with Crippen molar-refractivity contribution in [1.82, 2.24) is 10.2 Å². The summed E-state index contributed by atoms with van der Waals surface area (Å²) >= 11 is 1.48. The van der Waals surface area contributed by atoms with Gasteiger partial charge in [0.2, 0.25) is 0 Å². The first-order valence-corrected chi connectivity index (χ1v) is 7.93. The van der Waals surface area contributed by atoms with Gasteiger partial charge in [0, 0.05) is 16.4 Å². The molecule has 1 aromatic heterocycles. The van der Waals surface area contributed by atoms with Crippen LogP contribution in [-0.4, -0.2) is 42.0 Å². The van der Waals surface area contributed by atoms with Crippen molar-refractivity contribution in [3.05, 3.63) is 27.5 Å². The van der Waals surface area contributed by atoms with Gasteiger partial charge < -0.3 is 4.74 Å². The number of carbonyl (C=O) groups excluding carboxylic acids is 3. The highest BCUT2D eigenvalue weighted by atomic mass is 32.1. The standard InChI is InChI=1S/C15H16N2O4S/c1-9-4-5-11(22-9)7-12-13(18)16-15(20)17(14(12)19)8-10-3-2-6-21-10/h4-5,7,10H,2-3,6,8H2,1H3,(H,16,18,20). The normalized spacial score (nSPS) is 24.2. The van der Waals surface area contributed by atoms with E-state index in [1.54, 1.807) is 0 Å². The average molecular weight is 320 g/mol. The van der Waals surface area contributed by atoms with Crippen LogP contribution >= 0.6 is 11.3 Å². The van der Waals surface area contributed by atoms with Crippen molar-refractivity contribution in [1.29, 1.82) is 0 Å². The second-order valence-electron chi connectivity index (χ2n) is 5.32. The maximum atomic E-state index is 12.5. The van der Waals surface area contributed by atoms with Gasteiger partial charge in [-0.2, -0.15) is 0 Å². The molecule has 1 N–H and O–H groups in total. The third-order valence-corrected chi connectivity index (χ3v) is 4.59. The van der Waals surface area contributed by atoms with Crippen molar-refractivity contribution < 1.29 is 19.1 Å². The molecule has 7 heteroatoms. The van der Waals surface area contributed by atoms with E-state index in [2.05, 4.69) is 5.32 Å². The molecule has 6 nitrogen and oxygen atoms in total. The molecule has 0 spiro atoms. The van der Waals surface area contributed by atoms with Crippen LogP contribution in [0.4, 0.5) is 4.79 Å². The van der Waals surface area contributed by atoms with E-state index in [1.807, 2.05) is 19.1 Å². The fourth-order valence-corrected chi connectivity index (χ4v) is 3.35. The first-order valence-electron chi connectivity index (χ1n) is 7.11. The topological polar surface area (TPSA) is 75.7 Å². The predicted molar refractivity (Wildman–Crippen MR) is 81.3 cm³/mol. The van der Waals surface area contributed by atoms with Crippen LogP contribution in [0.5, 0.6) is 0 Å². The van der Waals surface area contributed by atoms with E-state index < -0.39 is 17.8 Å². The molecule has 2 aliphatic heterocycles. The molecule has 2 saturated heterocycles. The van der Waals surface area contributed by atoms with E-state index in [9.17, 15) is 14.4 Å². The average Bonchev–Trinajstić information content (AvgIpc) is 3.11. The predicted octanol–water partition coefficient (Wildman–Crippen LogP) is 1.70. The maximum absolute atomic E-state index is 12.5. The summed E-state index contributed by atoms with van der Waals surface area (Å²) in [6.07, 6.45) is 3.12. The number of carbonyl (C=O) groups is 3. The highest BCUT2D eigenvalue weighted by Crippen LogP contribution is 2.22. The van der Waals surface area contributed by atoms with E-state index in [0.29, 0.717) is 6.61 Å². The molecule has 0 bridgehead atoms. The number of aryl methyl sites for hydroxylation is 1. The summed E-state index contributed by atoms with van der Waals surface area (Å²) in [6, 6.07) is 3.08. The first-order chi connectivity index (χ1) is 10.5. The van der Waals surface area contributed by atoms with Crippen molar-refractivity contribution in [2.75, 3.05) is 13.2 Å². The Morgan fingerprint density at radius 1 is 1.41 bits per heavy atom. The first kappa shape index (κ1) is 14.9. The number of hydrogen-bond acceptors (Lipinski definition) is 5. The highest BCUT2D eigenvalue weighted by molar-refractivity contribution is 7.12. The molecule has 1 aromatic rings. The smallest absolute Gasteiger partial charge is 0.331 e. The molecule has 0 aromatic carbocycles. The minimum absolute atomic E-state index is 0.0144. The van der Waals surface area contributed by atoms with E-state index in [0.717, 1.165) is 27.5 Å². The molecular weight excluding hydrogens is 304 g/mol. The fourth-order valence-electron chi connectivity index (χ4n) is 2.53. The van der Waals surface area contributed by atoms with Gasteiger partial charge in [-0.15, -0.1) is 11.3 Å². The Labute approximate surface area is 131 Å². The van der Waals surface area contributed by atoms with Gasteiger partial charge in [-0.1, -0.05) is 0 Å². The number of amides is 4. The zero-order chi connectivity index (χ0) is 15.7. The fraction of sp³-hybridized carbons (Fsp3) is 0.400. The molecule has 3 heterocycles. The van der Waals surface area contributed by atoms with Gasteiger partial charge in [0.1, 0.15) is 5.57 Å². The number of imide groups is 2. The van der Waals surface area contributed by atoms with Crippen molar-refractivity contribution in [3.63, 3.8) is 0 Å². The molecular formula is C15H16N2O4S. The third kappa shape index (κ3) is 2.95. The maximum Gasteiger partial charge on any atom is 0.331 e. The minimum atomic E-state index is -0.676. The zero-order valence-electron chi connectivity index (χ0n) is 12.1. The molecule has 116 valence electrons. The van der Waals surface area contributed by atoms with Crippen LogP contribution < -0.4 is 5.32 Å². The molecule has 3 rings (SSSR count). The Bertz CT molecular complexity index is 658.